The molecule has 6 rings (SSSR count). The van der Waals surface area contributed by atoms with Crippen LogP contribution in [0.4, 0.5) is 4.79 Å². The fraction of sp³-hybridized carbons (Fsp3) is 0.588. The van der Waals surface area contributed by atoms with E-state index in [4.69, 9.17) is 9.47 Å². The maximum absolute atomic E-state index is 13.7. The first-order valence-corrected chi connectivity index (χ1v) is 15.4. The van der Waals surface area contributed by atoms with Crippen molar-refractivity contribution in [2.45, 2.75) is 83.4 Å². The van der Waals surface area contributed by atoms with Crippen LogP contribution < -0.4 is 10.1 Å². The minimum Gasteiger partial charge on any atom is -0.497 e. The molecule has 3 aliphatic heterocycles. The van der Waals surface area contributed by atoms with Crippen LogP contribution in [0.15, 0.2) is 48.5 Å². The first-order chi connectivity index (χ1) is 19.7. The standard InChI is InChI=1S/C34H47N3O4/c1-34(2,3)41-33(39)35-18-20-36-19-17-30-27-12-8-11-25-22-29(40-4)15-13-26(25)21-28(36)14-16-31(30)37(23-27)32(38)24-9-6-5-7-10-24/h5-7,9-10,13,15,22,27-28,30-31H,8,11-12,14,16-21,23H2,1-4H3,(H,35,39)/t27-,28?,30?,31?/m1/s1. The number of carbonyl (C=O) groups is 2. The van der Waals surface area contributed by atoms with Crippen LogP contribution in [-0.2, 0) is 17.6 Å². The summed E-state index contributed by atoms with van der Waals surface area (Å²) in [5.74, 6) is 2.09. The molecule has 4 atom stereocenters. The number of hydrogen-bond donors (Lipinski definition) is 1. The third-order valence-electron chi connectivity index (χ3n) is 9.23. The topological polar surface area (TPSA) is 71.1 Å². The van der Waals surface area contributed by atoms with Gasteiger partial charge >= 0.3 is 6.09 Å². The molecule has 0 radical (unpaired) electrons. The van der Waals surface area contributed by atoms with Gasteiger partial charge in [-0.15, -0.1) is 0 Å². The first-order valence-electron chi connectivity index (χ1n) is 15.4. The number of methoxy groups -OCH3 is 1. The number of aryl methyl sites for hydroxylation is 1. The number of benzene rings is 2. The molecule has 0 saturated carbocycles. The molecule has 4 bridgehead atoms. The van der Waals surface area contributed by atoms with E-state index in [1.54, 1.807) is 7.11 Å². The lowest BCUT2D eigenvalue weighted by Crippen LogP contribution is -2.47. The SMILES string of the molecule is COc1ccc2c(c1)CCC[C@@H]1CN(C(=O)c3ccccc3)C3CCC(C2)N(CCNC(=O)OC(C)(C)C)CCC31. The molecule has 41 heavy (non-hydrogen) atoms. The summed E-state index contributed by atoms with van der Waals surface area (Å²) in [6, 6.07) is 17.0. The van der Waals surface area contributed by atoms with Crippen molar-refractivity contribution in [1.29, 1.82) is 0 Å². The average Bonchev–Trinajstić information content (AvgIpc) is 3.27. The van der Waals surface area contributed by atoms with Gasteiger partial charge in [-0.2, -0.15) is 0 Å². The van der Waals surface area contributed by atoms with Crippen LogP contribution in [0.1, 0.15) is 74.4 Å². The van der Waals surface area contributed by atoms with Crippen molar-refractivity contribution in [1.82, 2.24) is 15.1 Å². The van der Waals surface area contributed by atoms with Gasteiger partial charge in [0.1, 0.15) is 11.4 Å². The van der Waals surface area contributed by atoms with Crippen molar-refractivity contribution in [3.05, 3.63) is 65.2 Å². The highest BCUT2D eigenvalue weighted by Crippen LogP contribution is 2.41. The number of nitrogens with zero attached hydrogens (tertiary/aromatic N) is 2. The zero-order valence-electron chi connectivity index (χ0n) is 25.2. The summed E-state index contributed by atoms with van der Waals surface area (Å²) in [5.41, 5.74) is 3.05. The minimum absolute atomic E-state index is 0.182. The second kappa shape index (κ2) is 12.8. The number of hydrogen-bond acceptors (Lipinski definition) is 5. The zero-order valence-corrected chi connectivity index (χ0v) is 25.2. The van der Waals surface area contributed by atoms with Gasteiger partial charge < -0.3 is 19.7 Å². The highest BCUT2D eigenvalue weighted by Gasteiger charge is 2.45. The summed E-state index contributed by atoms with van der Waals surface area (Å²) in [4.78, 5) is 30.9. The van der Waals surface area contributed by atoms with Crippen LogP contribution in [0.3, 0.4) is 0 Å². The molecule has 7 heteroatoms. The number of nitrogens with one attached hydrogen (secondary N) is 1. The first kappa shape index (κ1) is 29.4. The van der Waals surface area contributed by atoms with Gasteiger partial charge in [-0.25, -0.2) is 4.79 Å². The van der Waals surface area contributed by atoms with E-state index >= 15 is 0 Å². The van der Waals surface area contributed by atoms with Crippen LogP contribution in [0, 0.1) is 11.8 Å². The van der Waals surface area contributed by atoms with Crippen LogP contribution in [-0.4, -0.2) is 72.8 Å². The quantitative estimate of drug-likeness (QED) is 0.506. The Balaban J connectivity index is 1.40. The number of carbonyl (C=O) groups excluding carboxylic acids is 2. The molecular formula is C34H47N3O4. The van der Waals surface area contributed by atoms with E-state index in [-0.39, 0.29) is 18.0 Å². The van der Waals surface area contributed by atoms with Gasteiger partial charge in [-0.1, -0.05) is 24.3 Å². The van der Waals surface area contributed by atoms with Gasteiger partial charge in [0, 0.05) is 37.3 Å². The molecule has 1 aliphatic carbocycles. The lowest BCUT2D eigenvalue weighted by molar-refractivity contribution is 0.0511. The second-order valence-corrected chi connectivity index (χ2v) is 13.0. The molecule has 2 fully saturated rings. The predicted octanol–water partition coefficient (Wildman–Crippen LogP) is 5.71. The Hall–Kier alpha value is -3.06. The largest absolute Gasteiger partial charge is 0.497 e. The van der Waals surface area contributed by atoms with Gasteiger partial charge in [0.15, 0.2) is 0 Å². The van der Waals surface area contributed by atoms with E-state index in [2.05, 4.69) is 33.3 Å². The summed E-state index contributed by atoms with van der Waals surface area (Å²) >= 11 is 0. The zero-order chi connectivity index (χ0) is 29.0. The lowest BCUT2D eigenvalue weighted by atomic mass is 9.79. The monoisotopic (exact) mass is 561 g/mol. The van der Waals surface area contributed by atoms with Crippen molar-refractivity contribution >= 4 is 12.0 Å². The number of likely N-dealkylation sites (tertiary alicyclic amines) is 1. The maximum atomic E-state index is 13.7. The van der Waals surface area contributed by atoms with E-state index in [1.165, 1.54) is 11.1 Å². The summed E-state index contributed by atoms with van der Waals surface area (Å²) < 4.78 is 11.1. The fourth-order valence-electron chi connectivity index (χ4n) is 7.31. The average molecular weight is 562 g/mol. The van der Waals surface area contributed by atoms with E-state index in [9.17, 15) is 9.59 Å². The molecule has 222 valence electrons. The Bertz CT molecular complexity index is 1190. The van der Waals surface area contributed by atoms with Crippen LogP contribution in [0.25, 0.3) is 0 Å². The molecule has 2 aromatic rings. The molecule has 2 amide bonds. The highest BCUT2D eigenvalue weighted by molar-refractivity contribution is 5.94. The molecule has 0 aromatic heterocycles. The van der Waals surface area contributed by atoms with Crippen molar-refractivity contribution in [3.63, 3.8) is 0 Å². The molecule has 3 unspecified atom stereocenters. The van der Waals surface area contributed by atoms with Crippen LogP contribution >= 0.6 is 0 Å². The smallest absolute Gasteiger partial charge is 0.407 e. The van der Waals surface area contributed by atoms with Crippen LogP contribution in [0.5, 0.6) is 5.75 Å². The minimum atomic E-state index is -0.513. The second-order valence-electron chi connectivity index (χ2n) is 13.0. The van der Waals surface area contributed by atoms with Gasteiger partial charge in [-0.3, -0.25) is 9.69 Å². The Kier molecular flexibility index (Phi) is 9.22. The van der Waals surface area contributed by atoms with Gasteiger partial charge in [-0.05, 0) is 119 Å². The third-order valence-corrected chi connectivity index (χ3v) is 9.23. The van der Waals surface area contributed by atoms with Crippen molar-refractivity contribution in [2.24, 2.45) is 11.8 Å². The molecule has 1 N–H and O–H groups in total. The third kappa shape index (κ3) is 7.24. The summed E-state index contributed by atoms with van der Waals surface area (Å²) in [6.07, 6.45) is 6.97. The Morgan fingerprint density at radius 3 is 2.56 bits per heavy atom. The molecule has 2 aromatic carbocycles. The predicted molar refractivity (Wildman–Crippen MR) is 161 cm³/mol. The van der Waals surface area contributed by atoms with E-state index in [1.807, 2.05) is 51.1 Å². The number of fused-ring (bicyclic) bond motifs is 5. The van der Waals surface area contributed by atoms with Crippen molar-refractivity contribution in [3.8, 4) is 5.75 Å². The highest BCUT2D eigenvalue weighted by atomic mass is 16.6. The number of ether oxygens (including phenoxy) is 2. The van der Waals surface area contributed by atoms with Gasteiger partial charge in [0.05, 0.1) is 7.11 Å². The molecule has 2 saturated heterocycles. The molecular weight excluding hydrogens is 514 g/mol. The van der Waals surface area contributed by atoms with Crippen LogP contribution in [0.2, 0.25) is 0 Å². The Morgan fingerprint density at radius 2 is 1.80 bits per heavy atom. The Morgan fingerprint density at radius 1 is 1.00 bits per heavy atom. The number of rotatable bonds is 5. The summed E-state index contributed by atoms with van der Waals surface area (Å²) in [5, 5.41) is 2.98. The Labute approximate surface area is 245 Å². The van der Waals surface area contributed by atoms with Gasteiger partial charge in [0.2, 0.25) is 0 Å². The summed E-state index contributed by atoms with van der Waals surface area (Å²) in [7, 11) is 1.74. The molecule has 0 spiro atoms. The van der Waals surface area contributed by atoms with E-state index in [0.29, 0.717) is 24.4 Å². The lowest BCUT2D eigenvalue weighted by Gasteiger charge is -2.40. The van der Waals surface area contributed by atoms with Gasteiger partial charge in [0.25, 0.3) is 5.91 Å². The number of alkyl carbamates (subject to hydrolysis) is 1. The maximum Gasteiger partial charge on any atom is 0.407 e. The molecule has 4 aliphatic rings. The van der Waals surface area contributed by atoms with Crippen molar-refractivity contribution < 1.29 is 19.1 Å². The van der Waals surface area contributed by atoms with E-state index < -0.39 is 5.60 Å². The van der Waals surface area contributed by atoms with E-state index in [0.717, 1.165) is 75.9 Å². The molecule has 3 heterocycles. The normalized spacial score (nSPS) is 24.9. The summed E-state index contributed by atoms with van der Waals surface area (Å²) in [6.45, 7) is 8.81. The fourth-order valence-corrected chi connectivity index (χ4v) is 7.31. The number of amides is 2. The molecule has 7 nitrogen and oxygen atoms in total. The van der Waals surface area contributed by atoms with Crippen molar-refractivity contribution in [2.75, 3.05) is 33.3 Å².